The number of hydrogen-bond acceptors (Lipinski definition) is 2. The Bertz CT molecular complexity index is 415. The molecule has 5 heteroatoms. The maximum absolute atomic E-state index is 12.6. The number of alkyl halides is 3. The van der Waals surface area contributed by atoms with Crippen LogP contribution in [0.5, 0.6) is 0 Å². The molecular formula is C12H13F3OS. The molecule has 1 aliphatic rings. The van der Waals surface area contributed by atoms with Gasteiger partial charge in [-0.1, -0.05) is 0 Å². The van der Waals surface area contributed by atoms with Crippen molar-refractivity contribution in [3.05, 3.63) is 29.3 Å². The fraction of sp³-hybridized carbons (Fsp3) is 0.500. The average molecular weight is 262 g/mol. The number of halogens is 3. The summed E-state index contributed by atoms with van der Waals surface area (Å²) in [6.45, 7) is 1.66. The molecule has 0 amide bonds. The van der Waals surface area contributed by atoms with Gasteiger partial charge in [0.2, 0.25) is 0 Å². The lowest BCUT2D eigenvalue weighted by molar-refractivity contribution is -0.137. The highest BCUT2D eigenvalue weighted by molar-refractivity contribution is 7.99. The molecule has 1 N–H and O–H groups in total. The number of rotatable bonds is 2. The molecule has 2 atom stereocenters. The van der Waals surface area contributed by atoms with E-state index in [1.54, 1.807) is 18.7 Å². The zero-order valence-corrected chi connectivity index (χ0v) is 10.1. The van der Waals surface area contributed by atoms with Crippen LogP contribution in [0.2, 0.25) is 0 Å². The predicted molar refractivity (Wildman–Crippen MR) is 61.2 cm³/mol. The molecule has 1 aromatic rings. The lowest BCUT2D eigenvalue weighted by atomic mass is 9.94. The van der Waals surface area contributed by atoms with Gasteiger partial charge in [0.25, 0.3) is 0 Å². The van der Waals surface area contributed by atoms with E-state index in [1.807, 2.05) is 0 Å². The van der Waals surface area contributed by atoms with Crippen LogP contribution >= 0.6 is 11.8 Å². The summed E-state index contributed by atoms with van der Waals surface area (Å²) in [5.74, 6) is 0.777. The molecule has 0 saturated heterocycles. The highest BCUT2D eigenvalue weighted by Crippen LogP contribution is 2.44. The standard InChI is InChI=1S/C12H13F3OS/c1-7(16)4-8-6-17-11-3-2-9(5-10(8)11)12(13,14)15/h2-3,5,7-8,16H,4,6H2,1H3. The van der Waals surface area contributed by atoms with Gasteiger partial charge in [0.05, 0.1) is 11.7 Å². The van der Waals surface area contributed by atoms with Crippen molar-refractivity contribution in [3.63, 3.8) is 0 Å². The van der Waals surface area contributed by atoms with Gasteiger partial charge in [-0.15, -0.1) is 11.8 Å². The molecule has 1 heterocycles. The van der Waals surface area contributed by atoms with Gasteiger partial charge in [-0.2, -0.15) is 13.2 Å². The molecule has 0 aliphatic carbocycles. The van der Waals surface area contributed by atoms with Crippen LogP contribution in [0, 0.1) is 0 Å². The summed E-state index contributed by atoms with van der Waals surface area (Å²) in [5.41, 5.74) is 0.125. The molecule has 2 unspecified atom stereocenters. The molecule has 1 nitrogen and oxygen atoms in total. The lowest BCUT2D eigenvalue weighted by Gasteiger charge is -2.14. The lowest BCUT2D eigenvalue weighted by Crippen LogP contribution is -2.10. The highest BCUT2D eigenvalue weighted by atomic mass is 32.2. The molecule has 0 radical (unpaired) electrons. The maximum Gasteiger partial charge on any atom is 0.416 e. The third-order valence-corrected chi connectivity index (χ3v) is 4.09. The molecule has 0 spiro atoms. The van der Waals surface area contributed by atoms with Crippen LogP contribution < -0.4 is 0 Å². The topological polar surface area (TPSA) is 20.2 Å². The Morgan fingerprint density at radius 1 is 1.47 bits per heavy atom. The monoisotopic (exact) mass is 262 g/mol. The van der Waals surface area contributed by atoms with Gasteiger partial charge in [-0.3, -0.25) is 0 Å². The molecule has 0 aromatic heterocycles. The Labute approximate surface area is 102 Å². The normalized spacial score (nSPS) is 21.4. The zero-order chi connectivity index (χ0) is 12.6. The minimum Gasteiger partial charge on any atom is -0.393 e. The molecule has 94 valence electrons. The summed E-state index contributed by atoms with van der Waals surface area (Å²) in [6, 6.07) is 3.88. The van der Waals surface area contributed by atoms with E-state index < -0.39 is 17.8 Å². The van der Waals surface area contributed by atoms with Gasteiger partial charge in [0, 0.05) is 10.6 Å². The molecular weight excluding hydrogens is 249 g/mol. The van der Waals surface area contributed by atoms with Crippen LogP contribution in [0.25, 0.3) is 0 Å². The Kier molecular flexibility index (Phi) is 3.41. The fourth-order valence-corrected chi connectivity index (χ4v) is 3.32. The molecule has 0 bridgehead atoms. The van der Waals surface area contributed by atoms with Crippen molar-refractivity contribution >= 4 is 11.8 Å². The van der Waals surface area contributed by atoms with E-state index in [0.717, 1.165) is 22.3 Å². The van der Waals surface area contributed by atoms with Crippen molar-refractivity contribution in [2.24, 2.45) is 0 Å². The summed E-state index contributed by atoms with van der Waals surface area (Å²) in [7, 11) is 0. The Balaban J connectivity index is 2.31. The summed E-state index contributed by atoms with van der Waals surface area (Å²) in [6.07, 6.45) is -4.26. The quantitative estimate of drug-likeness (QED) is 0.877. The Morgan fingerprint density at radius 3 is 2.76 bits per heavy atom. The zero-order valence-electron chi connectivity index (χ0n) is 9.29. The SMILES string of the molecule is CC(O)CC1CSc2ccc(C(F)(F)F)cc21. The molecule has 1 aromatic carbocycles. The van der Waals surface area contributed by atoms with Crippen molar-refractivity contribution in [1.29, 1.82) is 0 Å². The smallest absolute Gasteiger partial charge is 0.393 e. The van der Waals surface area contributed by atoms with Gasteiger partial charge in [-0.05, 0) is 43.0 Å². The maximum atomic E-state index is 12.6. The number of fused-ring (bicyclic) bond motifs is 1. The van der Waals surface area contributed by atoms with Crippen LogP contribution in [0.4, 0.5) is 13.2 Å². The second kappa shape index (κ2) is 4.53. The van der Waals surface area contributed by atoms with Gasteiger partial charge < -0.3 is 5.11 Å². The summed E-state index contributed by atoms with van der Waals surface area (Å²) < 4.78 is 37.8. The summed E-state index contributed by atoms with van der Waals surface area (Å²) in [4.78, 5) is 0.906. The van der Waals surface area contributed by atoms with Gasteiger partial charge in [0.1, 0.15) is 0 Å². The third kappa shape index (κ3) is 2.77. The number of hydrogen-bond donors (Lipinski definition) is 1. The Morgan fingerprint density at radius 2 is 2.18 bits per heavy atom. The Hall–Kier alpha value is -0.680. The van der Waals surface area contributed by atoms with Crippen molar-refractivity contribution in [3.8, 4) is 0 Å². The van der Waals surface area contributed by atoms with Crippen molar-refractivity contribution in [2.45, 2.75) is 36.4 Å². The first-order valence-corrected chi connectivity index (χ1v) is 6.38. The van der Waals surface area contributed by atoms with Crippen molar-refractivity contribution in [2.75, 3.05) is 5.75 Å². The minimum atomic E-state index is -4.29. The summed E-state index contributed by atoms with van der Waals surface area (Å²) >= 11 is 1.56. The fourth-order valence-electron chi connectivity index (χ4n) is 2.06. The minimum absolute atomic E-state index is 0.0253. The molecule has 0 fully saturated rings. The van der Waals surface area contributed by atoms with E-state index in [-0.39, 0.29) is 5.92 Å². The number of aliphatic hydroxyl groups excluding tert-OH is 1. The molecule has 0 saturated carbocycles. The third-order valence-electron chi connectivity index (χ3n) is 2.84. The van der Waals surface area contributed by atoms with E-state index in [9.17, 15) is 18.3 Å². The second-order valence-corrected chi connectivity index (χ2v) is 5.40. The molecule has 1 aliphatic heterocycles. The van der Waals surface area contributed by atoms with Crippen molar-refractivity contribution in [1.82, 2.24) is 0 Å². The van der Waals surface area contributed by atoms with Crippen LogP contribution in [-0.4, -0.2) is 17.0 Å². The number of benzene rings is 1. The first-order chi connectivity index (χ1) is 7.88. The van der Waals surface area contributed by atoms with Crippen LogP contribution in [0.15, 0.2) is 23.1 Å². The van der Waals surface area contributed by atoms with Gasteiger partial charge in [0.15, 0.2) is 0 Å². The average Bonchev–Trinajstić information content (AvgIpc) is 2.59. The number of aliphatic hydroxyl groups is 1. The van der Waals surface area contributed by atoms with Crippen LogP contribution in [0.3, 0.4) is 0 Å². The molecule has 2 rings (SSSR count). The van der Waals surface area contributed by atoms with E-state index in [2.05, 4.69) is 0 Å². The van der Waals surface area contributed by atoms with Gasteiger partial charge in [-0.25, -0.2) is 0 Å². The predicted octanol–water partition coefficient (Wildman–Crippen LogP) is 3.67. The first-order valence-electron chi connectivity index (χ1n) is 5.40. The van der Waals surface area contributed by atoms with Crippen LogP contribution in [0.1, 0.15) is 30.4 Å². The highest BCUT2D eigenvalue weighted by Gasteiger charge is 2.33. The van der Waals surface area contributed by atoms with Crippen molar-refractivity contribution < 1.29 is 18.3 Å². The van der Waals surface area contributed by atoms with E-state index >= 15 is 0 Å². The van der Waals surface area contributed by atoms with E-state index in [4.69, 9.17) is 0 Å². The van der Waals surface area contributed by atoms with E-state index in [0.29, 0.717) is 6.42 Å². The van der Waals surface area contributed by atoms with Crippen LogP contribution in [-0.2, 0) is 6.18 Å². The van der Waals surface area contributed by atoms with E-state index in [1.165, 1.54) is 12.1 Å². The number of thioether (sulfide) groups is 1. The molecule has 17 heavy (non-hydrogen) atoms. The van der Waals surface area contributed by atoms with Gasteiger partial charge >= 0.3 is 6.18 Å². The summed E-state index contributed by atoms with van der Waals surface area (Å²) in [5, 5.41) is 9.34. The second-order valence-electron chi connectivity index (χ2n) is 4.34. The largest absolute Gasteiger partial charge is 0.416 e. The first kappa shape index (κ1) is 12.8.